The lowest BCUT2D eigenvalue weighted by Gasteiger charge is -2.19. The number of ether oxygens (including phenoxy) is 1. The van der Waals surface area contributed by atoms with E-state index in [4.69, 9.17) is 4.74 Å². The van der Waals surface area contributed by atoms with Crippen molar-refractivity contribution in [1.82, 2.24) is 4.90 Å². The first-order valence-corrected chi connectivity index (χ1v) is 7.06. The molecule has 1 aromatic rings. The molecule has 4 nitrogen and oxygen atoms in total. The Morgan fingerprint density at radius 2 is 2.32 bits per heavy atom. The molecule has 1 aliphatic rings. The van der Waals surface area contributed by atoms with Crippen molar-refractivity contribution < 1.29 is 14.6 Å². The van der Waals surface area contributed by atoms with Gasteiger partial charge in [-0.1, -0.05) is 6.07 Å². The molecular weight excluding hydrogens is 310 g/mol. The summed E-state index contributed by atoms with van der Waals surface area (Å²) in [4.78, 5) is 13.6. The van der Waals surface area contributed by atoms with Gasteiger partial charge in [-0.2, -0.15) is 0 Å². The van der Waals surface area contributed by atoms with Crippen molar-refractivity contribution in [2.24, 2.45) is 0 Å². The van der Waals surface area contributed by atoms with E-state index in [1.165, 1.54) is 0 Å². The number of β-amino-alcohol motifs (C(OH)–C–C–N with tert-alkyl or cyclic N) is 1. The predicted octanol–water partition coefficient (Wildman–Crippen LogP) is 2.12. The van der Waals surface area contributed by atoms with Crippen LogP contribution in [0, 0.1) is 6.92 Å². The quantitative estimate of drug-likeness (QED) is 0.925. The van der Waals surface area contributed by atoms with Gasteiger partial charge in [0.1, 0.15) is 5.75 Å². The van der Waals surface area contributed by atoms with Crippen molar-refractivity contribution in [1.29, 1.82) is 0 Å². The smallest absolute Gasteiger partial charge is 0.260 e. The molecule has 1 unspecified atom stereocenters. The summed E-state index contributed by atoms with van der Waals surface area (Å²) in [5.74, 6) is 0.565. The zero-order valence-corrected chi connectivity index (χ0v) is 12.7. The van der Waals surface area contributed by atoms with Crippen LogP contribution in [0.15, 0.2) is 22.7 Å². The Hall–Kier alpha value is -1.07. The standard InChI is InChI=1S/C14H18BrNO3/c1-10-3-4-12(11(15)7-10)19-8-13(17)16-6-5-14(2,18)9-16/h3-4,7,18H,5-6,8-9H2,1-2H3. The second-order valence-electron chi connectivity index (χ2n) is 5.28. The third-order valence-corrected chi connectivity index (χ3v) is 3.86. The third-order valence-electron chi connectivity index (χ3n) is 3.24. The van der Waals surface area contributed by atoms with Crippen LogP contribution >= 0.6 is 15.9 Å². The number of halogens is 1. The van der Waals surface area contributed by atoms with E-state index in [9.17, 15) is 9.90 Å². The lowest BCUT2D eigenvalue weighted by atomic mass is 10.1. The summed E-state index contributed by atoms with van der Waals surface area (Å²) in [6.07, 6.45) is 0.618. The largest absolute Gasteiger partial charge is 0.483 e. The molecule has 1 aliphatic heterocycles. The van der Waals surface area contributed by atoms with E-state index in [0.717, 1.165) is 10.0 Å². The normalized spacial score (nSPS) is 22.6. The highest BCUT2D eigenvalue weighted by Crippen LogP contribution is 2.26. The summed E-state index contributed by atoms with van der Waals surface area (Å²) in [7, 11) is 0. The fourth-order valence-corrected chi connectivity index (χ4v) is 2.72. The van der Waals surface area contributed by atoms with Gasteiger partial charge in [-0.3, -0.25) is 4.79 Å². The van der Waals surface area contributed by atoms with E-state index in [0.29, 0.717) is 25.3 Å². The predicted molar refractivity (Wildman–Crippen MR) is 76.2 cm³/mol. The molecule has 1 saturated heterocycles. The number of hydrogen-bond acceptors (Lipinski definition) is 3. The number of hydrogen-bond donors (Lipinski definition) is 1. The lowest BCUT2D eigenvalue weighted by Crippen LogP contribution is -2.36. The Balaban J connectivity index is 1.90. The Kier molecular flexibility index (Phi) is 4.16. The topological polar surface area (TPSA) is 49.8 Å². The van der Waals surface area contributed by atoms with Crippen molar-refractivity contribution in [2.45, 2.75) is 25.9 Å². The first-order valence-electron chi connectivity index (χ1n) is 6.26. The van der Waals surface area contributed by atoms with E-state index in [2.05, 4.69) is 15.9 Å². The fourth-order valence-electron chi connectivity index (χ4n) is 2.11. The Morgan fingerprint density at radius 3 is 2.89 bits per heavy atom. The molecule has 0 radical (unpaired) electrons. The Bertz CT molecular complexity index is 488. The van der Waals surface area contributed by atoms with E-state index in [-0.39, 0.29) is 12.5 Å². The number of nitrogens with zero attached hydrogens (tertiary/aromatic N) is 1. The number of benzene rings is 1. The summed E-state index contributed by atoms with van der Waals surface area (Å²) in [6.45, 7) is 4.70. The molecule has 19 heavy (non-hydrogen) atoms. The number of amides is 1. The first-order chi connectivity index (χ1) is 8.87. The molecule has 2 rings (SSSR count). The van der Waals surface area contributed by atoms with Crippen LogP contribution in [-0.4, -0.2) is 41.2 Å². The van der Waals surface area contributed by atoms with Crippen molar-refractivity contribution in [3.8, 4) is 5.75 Å². The number of aliphatic hydroxyl groups is 1. The number of likely N-dealkylation sites (tertiary alicyclic amines) is 1. The summed E-state index contributed by atoms with van der Waals surface area (Å²) < 4.78 is 6.36. The van der Waals surface area contributed by atoms with Crippen LogP contribution in [-0.2, 0) is 4.79 Å². The van der Waals surface area contributed by atoms with Crippen LogP contribution in [0.2, 0.25) is 0 Å². The van der Waals surface area contributed by atoms with Gasteiger partial charge in [0, 0.05) is 13.1 Å². The Labute approximate surface area is 121 Å². The van der Waals surface area contributed by atoms with E-state index in [1.807, 2.05) is 25.1 Å². The highest BCUT2D eigenvalue weighted by atomic mass is 79.9. The molecule has 1 aromatic carbocycles. The molecular formula is C14H18BrNO3. The van der Waals surface area contributed by atoms with Gasteiger partial charge in [-0.05, 0) is 53.9 Å². The molecule has 0 spiro atoms. The van der Waals surface area contributed by atoms with Crippen LogP contribution in [0.3, 0.4) is 0 Å². The first kappa shape index (κ1) is 14.3. The highest BCUT2D eigenvalue weighted by Gasteiger charge is 2.33. The fraction of sp³-hybridized carbons (Fsp3) is 0.500. The van der Waals surface area contributed by atoms with Gasteiger partial charge in [-0.25, -0.2) is 0 Å². The molecule has 0 saturated carbocycles. The zero-order valence-electron chi connectivity index (χ0n) is 11.1. The average Bonchev–Trinajstić information content (AvgIpc) is 2.68. The second kappa shape index (κ2) is 5.51. The van der Waals surface area contributed by atoms with Crippen LogP contribution in [0.5, 0.6) is 5.75 Å². The third kappa shape index (κ3) is 3.70. The van der Waals surface area contributed by atoms with Crippen LogP contribution in [0.1, 0.15) is 18.9 Å². The molecule has 1 fully saturated rings. The number of aryl methyl sites for hydroxylation is 1. The number of carbonyl (C=O) groups is 1. The molecule has 5 heteroatoms. The highest BCUT2D eigenvalue weighted by molar-refractivity contribution is 9.10. The van der Waals surface area contributed by atoms with Crippen LogP contribution in [0.25, 0.3) is 0 Å². The molecule has 0 bridgehead atoms. The SMILES string of the molecule is Cc1ccc(OCC(=O)N2CCC(C)(O)C2)c(Br)c1. The summed E-state index contributed by atoms with van der Waals surface area (Å²) in [6, 6.07) is 5.72. The molecule has 1 N–H and O–H groups in total. The van der Waals surface area contributed by atoms with Gasteiger partial charge in [-0.15, -0.1) is 0 Å². The van der Waals surface area contributed by atoms with Gasteiger partial charge in [0.25, 0.3) is 5.91 Å². The van der Waals surface area contributed by atoms with E-state index < -0.39 is 5.60 Å². The van der Waals surface area contributed by atoms with Crippen molar-refractivity contribution in [3.05, 3.63) is 28.2 Å². The second-order valence-corrected chi connectivity index (χ2v) is 6.14. The molecule has 1 heterocycles. The summed E-state index contributed by atoms with van der Waals surface area (Å²) >= 11 is 3.41. The number of carbonyl (C=O) groups excluding carboxylic acids is 1. The zero-order chi connectivity index (χ0) is 14.0. The minimum Gasteiger partial charge on any atom is -0.483 e. The van der Waals surface area contributed by atoms with E-state index in [1.54, 1.807) is 11.8 Å². The van der Waals surface area contributed by atoms with Crippen molar-refractivity contribution in [3.63, 3.8) is 0 Å². The van der Waals surface area contributed by atoms with Gasteiger partial charge >= 0.3 is 0 Å². The molecule has 0 aromatic heterocycles. The van der Waals surface area contributed by atoms with E-state index >= 15 is 0 Å². The van der Waals surface area contributed by atoms with Gasteiger partial charge in [0.15, 0.2) is 6.61 Å². The maximum atomic E-state index is 12.0. The lowest BCUT2D eigenvalue weighted by molar-refractivity contribution is -0.133. The van der Waals surface area contributed by atoms with Crippen molar-refractivity contribution in [2.75, 3.05) is 19.7 Å². The summed E-state index contributed by atoms with van der Waals surface area (Å²) in [5, 5.41) is 9.83. The minimum absolute atomic E-state index is 0.00224. The molecule has 1 amide bonds. The summed E-state index contributed by atoms with van der Waals surface area (Å²) in [5.41, 5.74) is 0.362. The van der Waals surface area contributed by atoms with Gasteiger partial charge in [0.2, 0.25) is 0 Å². The maximum absolute atomic E-state index is 12.0. The average molecular weight is 328 g/mol. The number of rotatable bonds is 3. The van der Waals surface area contributed by atoms with Gasteiger partial charge < -0.3 is 14.7 Å². The van der Waals surface area contributed by atoms with Crippen LogP contribution in [0.4, 0.5) is 0 Å². The minimum atomic E-state index is -0.764. The van der Waals surface area contributed by atoms with Crippen molar-refractivity contribution >= 4 is 21.8 Å². The van der Waals surface area contributed by atoms with Gasteiger partial charge in [0.05, 0.1) is 10.1 Å². The monoisotopic (exact) mass is 327 g/mol. The van der Waals surface area contributed by atoms with Crippen LogP contribution < -0.4 is 4.74 Å². The molecule has 104 valence electrons. The Morgan fingerprint density at radius 1 is 1.58 bits per heavy atom. The molecule has 1 atom stereocenters. The molecule has 0 aliphatic carbocycles. The maximum Gasteiger partial charge on any atom is 0.260 e.